The summed E-state index contributed by atoms with van der Waals surface area (Å²) in [4.78, 5) is 23.6. The van der Waals surface area contributed by atoms with Gasteiger partial charge in [-0.2, -0.15) is 0 Å². The Kier molecular flexibility index (Phi) is 3.11. The Morgan fingerprint density at radius 2 is 2.12 bits per heavy atom. The van der Waals surface area contributed by atoms with Crippen molar-refractivity contribution in [2.45, 2.75) is 6.42 Å². The van der Waals surface area contributed by atoms with E-state index in [-0.39, 0.29) is 18.7 Å². The van der Waals surface area contributed by atoms with Crippen LogP contribution in [0.1, 0.15) is 6.42 Å². The van der Waals surface area contributed by atoms with Gasteiger partial charge in [-0.15, -0.1) is 0 Å². The molecular formula is C11H8ClF2NO2. The van der Waals surface area contributed by atoms with Crippen LogP contribution in [0.25, 0.3) is 0 Å². The molecule has 0 radical (unpaired) electrons. The summed E-state index contributed by atoms with van der Waals surface area (Å²) in [5.41, 5.74) is -0.0307. The highest BCUT2D eigenvalue weighted by Gasteiger charge is 2.35. The second-order valence-electron chi connectivity index (χ2n) is 3.81. The number of nitrogens with zero attached hydrogens (tertiary/aromatic N) is 1. The molecule has 0 spiro atoms. The number of rotatable bonds is 2. The van der Waals surface area contributed by atoms with Crippen LogP contribution in [-0.4, -0.2) is 17.7 Å². The molecule has 1 aromatic rings. The second kappa shape index (κ2) is 4.41. The van der Waals surface area contributed by atoms with Crippen molar-refractivity contribution in [1.29, 1.82) is 0 Å². The van der Waals surface area contributed by atoms with Crippen LogP contribution in [0.5, 0.6) is 0 Å². The van der Waals surface area contributed by atoms with E-state index in [1.165, 1.54) is 6.07 Å². The van der Waals surface area contributed by atoms with E-state index in [4.69, 9.17) is 11.6 Å². The largest absolute Gasteiger partial charge is 0.309 e. The van der Waals surface area contributed by atoms with Gasteiger partial charge in [0.25, 0.3) is 0 Å². The third kappa shape index (κ3) is 2.29. The third-order valence-electron chi connectivity index (χ3n) is 2.65. The molecule has 90 valence electrons. The van der Waals surface area contributed by atoms with Crippen LogP contribution >= 0.6 is 11.6 Å². The van der Waals surface area contributed by atoms with E-state index in [0.29, 0.717) is 6.07 Å². The molecule has 0 aromatic heterocycles. The minimum absolute atomic E-state index is 0.0307. The average Bonchev–Trinajstić information content (AvgIpc) is 2.61. The highest BCUT2D eigenvalue weighted by molar-refractivity contribution is 6.64. The molecule has 17 heavy (non-hydrogen) atoms. The molecule has 3 nitrogen and oxygen atoms in total. The highest BCUT2D eigenvalue weighted by atomic mass is 35.5. The maximum absolute atomic E-state index is 13.5. The minimum Gasteiger partial charge on any atom is -0.309 e. The van der Waals surface area contributed by atoms with E-state index in [9.17, 15) is 18.4 Å². The Morgan fingerprint density at radius 1 is 1.41 bits per heavy atom. The first-order valence-electron chi connectivity index (χ1n) is 4.94. The molecule has 1 amide bonds. The number of halogens is 3. The summed E-state index contributed by atoms with van der Waals surface area (Å²) in [5.74, 6) is -2.58. The molecule has 1 aliphatic rings. The van der Waals surface area contributed by atoms with Crippen molar-refractivity contribution in [3.8, 4) is 0 Å². The van der Waals surface area contributed by atoms with Crippen molar-refractivity contribution in [3.05, 3.63) is 29.8 Å². The van der Waals surface area contributed by atoms with Crippen LogP contribution in [0.4, 0.5) is 14.5 Å². The van der Waals surface area contributed by atoms with E-state index in [1.807, 2.05) is 0 Å². The van der Waals surface area contributed by atoms with Gasteiger partial charge in [0.15, 0.2) is 0 Å². The van der Waals surface area contributed by atoms with Gasteiger partial charge >= 0.3 is 0 Å². The van der Waals surface area contributed by atoms with Crippen LogP contribution in [0, 0.1) is 17.6 Å². The van der Waals surface area contributed by atoms with Gasteiger partial charge < -0.3 is 4.90 Å². The molecule has 2 rings (SSSR count). The Hall–Kier alpha value is -1.49. The molecule has 1 aliphatic heterocycles. The Labute approximate surface area is 101 Å². The van der Waals surface area contributed by atoms with Crippen molar-refractivity contribution in [3.63, 3.8) is 0 Å². The Bertz CT molecular complexity index is 492. The number of amides is 1. The molecule has 0 bridgehead atoms. The lowest BCUT2D eigenvalue weighted by Gasteiger charge is -2.16. The lowest BCUT2D eigenvalue weighted by molar-refractivity contribution is -0.120. The maximum Gasteiger partial charge on any atom is 0.227 e. The lowest BCUT2D eigenvalue weighted by atomic mass is 10.1. The average molecular weight is 260 g/mol. The number of benzene rings is 1. The molecule has 0 aliphatic carbocycles. The molecular weight excluding hydrogens is 252 g/mol. The lowest BCUT2D eigenvalue weighted by Crippen LogP contribution is -2.26. The van der Waals surface area contributed by atoms with Gasteiger partial charge in [-0.25, -0.2) is 8.78 Å². The van der Waals surface area contributed by atoms with Crippen LogP contribution in [-0.2, 0) is 9.59 Å². The van der Waals surface area contributed by atoms with Crippen LogP contribution < -0.4 is 4.90 Å². The summed E-state index contributed by atoms with van der Waals surface area (Å²) in [5, 5.41) is -0.622. The van der Waals surface area contributed by atoms with Crippen molar-refractivity contribution < 1.29 is 18.4 Å². The molecule has 6 heteroatoms. The monoisotopic (exact) mass is 259 g/mol. The predicted molar refractivity (Wildman–Crippen MR) is 57.7 cm³/mol. The van der Waals surface area contributed by atoms with Gasteiger partial charge in [0.2, 0.25) is 11.1 Å². The SMILES string of the molecule is O=C(Cl)C1CC(=O)N(c2ccc(F)cc2F)C1. The van der Waals surface area contributed by atoms with Gasteiger partial charge in [0.05, 0.1) is 11.6 Å². The fourth-order valence-corrected chi connectivity index (χ4v) is 1.94. The van der Waals surface area contributed by atoms with Crippen molar-refractivity contribution in [2.75, 3.05) is 11.4 Å². The van der Waals surface area contributed by atoms with Crippen molar-refractivity contribution >= 4 is 28.4 Å². The normalized spacial score (nSPS) is 19.8. The van der Waals surface area contributed by atoms with Crippen molar-refractivity contribution in [1.82, 2.24) is 0 Å². The Morgan fingerprint density at radius 3 is 2.65 bits per heavy atom. The number of carbonyl (C=O) groups excluding carboxylic acids is 2. The first-order chi connectivity index (χ1) is 7.99. The summed E-state index contributed by atoms with van der Waals surface area (Å²) in [6.07, 6.45) is -0.0425. The molecule has 1 atom stereocenters. The Balaban J connectivity index is 2.29. The van der Waals surface area contributed by atoms with E-state index in [1.54, 1.807) is 0 Å². The molecule has 0 N–H and O–H groups in total. The molecule has 0 saturated carbocycles. The topological polar surface area (TPSA) is 37.4 Å². The van der Waals surface area contributed by atoms with E-state index in [0.717, 1.165) is 11.0 Å². The van der Waals surface area contributed by atoms with E-state index in [2.05, 4.69) is 0 Å². The molecule has 1 fully saturated rings. The first-order valence-corrected chi connectivity index (χ1v) is 5.31. The summed E-state index contributed by atoms with van der Waals surface area (Å²) < 4.78 is 26.2. The van der Waals surface area contributed by atoms with Gasteiger partial charge in [0, 0.05) is 19.0 Å². The number of hydrogen-bond acceptors (Lipinski definition) is 2. The van der Waals surface area contributed by atoms with E-state index >= 15 is 0 Å². The van der Waals surface area contributed by atoms with Gasteiger partial charge in [-0.1, -0.05) is 0 Å². The summed E-state index contributed by atoms with van der Waals surface area (Å²) in [7, 11) is 0. The summed E-state index contributed by atoms with van der Waals surface area (Å²) in [6.45, 7) is 0.0315. The number of carbonyl (C=O) groups is 2. The number of anilines is 1. The highest BCUT2D eigenvalue weighted by Crippen LogP contribution is 2.28. The summed E-state index contributed by atoms with van der Waals surface area (Å²) >= 11 is 5.30. The fraction of sp³-hybridized carbons (Fsp3) is 0.273. The van der Waals surface area contributed by atoms with Gasteiger partial charge in [-0.05, 0) is 23.7 Å². The zero-order chi connectivity index (χ0) is 12.6. The maximum atomic E-state index is 13.5. The third-order valence-corrected chi connectivity index (χ3v) is 2.96. The molecule has 1 saturated heterocycles. The zero-order valence-electron chi connectivity index (χ0n) is 8.62. The minimum atomic E-state index is -0.832. The first kappa shape index (κ1) is 12.0. The summed E-state index contributed by atoms with van der Waals surface area (Å²) in [6, 6.07) is 2.92. The molecule has 1 heterocycles. The van der Waals surface area contributed by atoms with Crippen LogP contribution in [0.2, 0.25) is 0 Å². The standard InChI is InChI=1S/C11H8ClF2NO2/c12-11(17)6-3-10(16)15(5-6)9-2-1-7(13)4-8(9)14/h1-2,4,6H,3,5H2. The quantitative estimate of drug-likeness (QED) is 0.763. The predicted octanol–water partition coefficient (Wildman–Crippen LogP) is 2.08. The van der Waals surface area contributed by atoms with E-state index < -0.39 is 28.7 Å². The number of hydrogen-bond donors (Lipinski definition) is 0. The molecule has 1 aromatic carbocycles. The smallest absolute Gasteiger partial charge is 0.227 e. The van der Waals surface area contributed by atoms with Crippen LogP contribution in [0.15, 0.2) is 18.2 Å². The second-order valence-corrected chi connectivity index (χ2v) is 4.18. The van der Waals surface area contributed by atoms with Gasteiger partial charge in [0.1, 0.15) is 11.6 Å². The fourth-order valence-electron chi connectivity index (χ4n) is 1.79. The zero-order valence-corrected chi connectivity index (χ0v) is 9.38. The molecule has 1 unspecified atom stereocenters. The van der Waals surface area contributed by atoms with Crippen LogP contribution in [0.3, 0.4) is 0 Å². The van der Waals surface area contributed by atoms with Gasteiger partial charge in [-0.3, -0.25) is 9.59 Å². The van der Waals surface area contributed by atoms with Crippen molar-refractivity contribution in [2.24, 2.45) is 5.92 Å².